The van der Waals surface area contributed by atoms with Gasteiger partial charge in [0.25, 0.3) is 11.8 Å². The summed E-state index contributed by atoms with van der Waals surface area (Å²) in [5.74, 6) is -0.145. The number of piperidine rings is 1. The van der Waals surface area contributed by atoms with Crippen molar-refractivity contribution in [2.24, 2.45) is 0 Å². The lowest BCUT2D eigenvalue weighted by atomic mass is 9.95. The van der Waals surface area contributed by atoms with Crippen LogP contribution in [0.1, 0.15) is 44.7 Å². The number of benzene rings is 3. The van der Waals surface area contributed by atoms with Crippen LogP contribution in [0, 0.1) is 13.8 Å². The second kappa shape index (κ2) is 9.71. The van der Waals surface area contributed by atoms with E-state index in [1.807, 2.05) is 53.4 Å². The fourth-order valence-corrected chi connectivity index (χ4v) is 4.83. The fraction of sp³-hybridized carbons (Fsp3) is 0.233. The number of carbonyl (C=O) groups excluding carboxylic acids is 2. The molecular formula is C30H29N3O2. The predicted molar refractivity (Wildman–Crippen MR) is 139 cm³/mol. The monoisotopic (exact) mass is 463 g/mol. The molecule has 0 radical (unpaired) electrons. The van der Waals surface area contributed by atoms with Gasteiger partial charge in [-0.25, -0.2) is 0 Å². The Morgan fingerprint density at radius 1 is 0.914 bits per heavy atom. The third-order valence-electron chi connectivity index (χ3n) is 6.90. The van der Waals surface area contributed by atoms with Gasteiger partial charge < -0.3 is 10.2 Å². The number of para-hydroxylation sites is 1. The van der Waals surface area contributed by atoms with E-state index in [4.69, 9.17) is 0 Å². The first-order valence-corrected chi connectivity index (χ1v) is 12.1. The summed E-state index contributed by atoms with van der Waals surface area (Å²) < 4.78 is 0. The van der Waals surface area contributed by atoms with E-state index >= 15 is 0 Å². The Labute approximate surface area is 205 Å². The van der Waals surface area contributed by atoms with E-state index in [9.17, 15) is 9.59 Å². The molecule has 1 atom stereocenters. The molecular weight excluding hydrogens is 434 g/mol. The number of aryl methyl sites for hydroxylation is 2. The zero-order valence-corrected chi connectivity index (χ0v) is 20.1. The molecule has 5 heteroatoms. The Kier molecular flexibility index (Phi) is 6.32. The van der Waals surface area contributed by atoms with Gasteiger partial charge >= 0.3 is 0 Å². The Morgan fingerprint density at radius 2 is 1.71 bits per heavy atom. The lowest BCUT2D eigenvalue weighted by Crippen LogP contribution is -2.49. The van der Waals surface area contributed by atoms with E-state index in [1.165, 1.54) is 11.1 Å². The Bertz CT molecular complexity index is 1410. The maximum Gasteiger partial charge on any atom is 0.254 e. The van der Waals surface area contributed by atoms with Crippen molar-refractivity contribution in [3.63, 3.8) is 0 Å². The number of nitrogens with zero attached hydrogens (tertiary/aromatic N) is 2. The van der Waals surface area contributed by atoms with Crippen molar-refractivity contribution in [3.05, 3.63) is 101 Å². The standard InChI is InChI=1S/C30H29N3O2/c1-20-14-15-23(18-21(20)2)25-11-3-4-12-26(25)30(35)33-17-7-10-24(19-33)32-29(34)27-13-5-8-22-9-6-16-31-28(22)27/h3-6,8-9,11-16,18,24H,7,10,17,19H2,1-2H3,(H,32,34)/t24-/m1/s1. The van der Waals surface area contributed by atoms with Crippen molar-refractivity contribution in [2.75, 3.05) is 13.1 Å². The molecule has 5 nitrogen and oxygen atoms in total. The number of amides is 2. The Hall–Kier alpha value is -3.99. The van der Waals surface area contributed by atoms with Crippen molar-refractivity contribution in [1.29, 1.82) is 0 Å². The molecule has 2 amide bonds. The molecule has 35 heavy (non-hydrogen) atoms. The summed E-state index contributed by atoms with van der Waals surface area (Å²) in [6.07, 6.45) is 3.38. The number of pyridine rings is 1. The van der Waals surface area contributed by atoms with Gasteiger partial charge in [0.15, 0.2) is 0 Å². The van der Waals surface area contributed by atoms with E-state index in [0.29, 0.717) is 29.7 Å². The van der Waals surface area contributed by atoms with Gasteiger partial charge in [-0.1, -0.05) is 54.6 Å². The quantitative estimate of drug-likeness (QED) is 0.431. The first kappa shape index (κ1) is 22.8. The van der Waals surface area contributed by atoms with Crippen LogP contribution in [0.3, 0.4) is 0 Å². The summed E-state index contributed by atoms with van der Waals surface area (Å²) in [4.78, 5) is 33.0. The minimum atomic E-state index is -0.149. The maximum absolute atomic E-state index is 13.6. The molecule has 0 aliphatic carbocycles. The lowest BCUT2D eigenvalue weighted by molar-refractivity contribution is 0.0677. The zero-order valence-electron chi connectivity index (χ0n) is 20.1. The average molecular weight is 464 g/mol. The highest BCUT2D eigenvalue weighted by molar-refractivity contribution is 6.05. The highest BCUT2D eigenvalue weighted by atomic mass is 16.2. The summed E-state index contributed by atoms with van der Waals surface area (Å²) in [7, 11) is 0. The van der Waals surface area contributed by atoms with Gasteiger partial charge in [0.2, 0.25) is 0 Å². The first-order valence-electron chi connectivity index (χ1n) is 12.1. The van der Waals surface area contributed by atoms with Crippen molar-refractivity contribution >= 4 is 22.7 Å². The highest BCUT2D eigenvalue weighted by Crippen LogP contribution is 2.28. The fourth-order valence-electron chi connectivity index (χ4n) is 4.83. The number of carbonyl (C=O) groups is 2. The summed E-state index contributed by atoms with van der Waals surface area (Å²) in [5.41, 5.74) is 6.36. The van der Waals surface area contributed by atoms with Gasteiger partial charge in [0.1, 0.15) is 0 Å². The Morgan fingerprint density at radius 3 is 2.57 bits per heavy atom. The third kappa shape index (κ3) is 4.67. The molecule has 0 spiro atoms. The van der Waals surface area contributed by atoms with E-state index in [-0.39, 0.29) is 17.9 Å². The van der Waals surface area contributed by atoms with E-state index < -0.39 is 0 Å². The molecule has 2 heterocycles. The molecule has 1 N–H and O–H groups in total. The smallest absolute Gasteiger partial charge is 0.254 e. The minimum Gasteiger partial charge on any atom is -0.347 e. The number of fused-ring (bicyclic) bond motifs is 1. The van der Waals surface area contributed by atoms with Crippen molar-refractivity contribution in [3.8, 4) is 11.1 Å². The van der Waals surface area contributed by atoms with Crippen molar-refractivity contribution in [2.45, 2.75) is 32.7 Å². The third-order valence-corrected chi connectivity index (χ3v) is 6.90. The number of nitrogens with one attached hydrogen (secondary N) is 1. The molecule has 1 aliphatic heterocycles. The number of hydrogen-bond donors (Lipinski definition) is 1. The molecule has 1 fully saturated rings. The van der Waals surface area contributed by atoms with Crippen molar-refractivity contribution < 1.29 is 9.59 Å². The van der Waals surface area contributed by atoms with Crippen LogP contribution in [0.25, 0.3) is 22.0 Å². The zero-order chi connectivity index (χ0) is 24.4. The van der Waals surface area contributed by atoms with Crippen LogP contribution >= 0.6 is 0 Å². The second-order valence-corrected chi connectivity index (χ2v) is 9.29. The summed E-state index contributed by atoms with van der Waals surface area (Å²) in [6.45, 7) is 5.35. The second-order valence-electron chi connectivity index (χ2n) is 9.29. The van der Waals surface area contributed by atoms with E-state index in [0.717, 1.165) is 29.4 Å². The summed E-state index contributed by atoms with van der Waals surface area (Å²) in [6, 6.07) is 23.4. The van der Waals surface area contributed by atoms with Crippen LogP contribution in [0.5, 0.6) is 0 Å². The molecule has 3 aromatic carbocycles. The average Bonchev–Trinajstić information content (AvgIpc) is 2.89. The van der Waals surface area contributed by atoms with E-state index in [2.05, 4.69) is 42.3 Å². The van der Waals surface area contributed by atoms with Gasteiger partial charge in [-0.05, 0) is 67.1 Å². The highest BCUT2D eigenvalue weighted by Gasteiger charge is 2.27. The predicted octanol–water partition coefficient (Wildman–Crippen LogP) is 5.55. The molecule has 4 aromatic rings. The number of hydrogen-bond acceptors (Lipinski definition) is 3. The largest absolute Gasteiger partial charge is 0.347 e. The summed E-state index contributed by atoms with van der Waals surface area (Å²) >= 11 is 0. The van der Waals surface area contributed by atoms with Crippen LogP contribution < -0.4 is 5.32 Å². The lowest BCUT2D eigenvalue weighted by Gasteiger charge is -2.33. The normalized spacial score (nSPS) is 15.7. The van der Waals surface area contributed by atoms with E-state index in [1.54, 1.807) is 12.3 Å². The van der Waals surface area contributed by atoms with Crippen LogP contribution in [-0.4, -0.2) is 40.8 Å². The first-order chi connectivity index (χ1) is 17.0. The molecule has 0 saturated carbocycles. The van der Waals surface area contributed by atoms with Gasteiger partial charge in [0.05, 0.1) is 11.1 Å². The van der Waals surface area contributed by atoms with Gasteiger partial charge in [-0.2, -0.15) is 0 Å². The maximum atomic E-state index is 13.6. The van der Waals surface area contributed by atoms with Crippen LogP contribution in [0.2, 0.25) is 0 Å². The topological polar surface area (TPSA) is 62.3 Å². The molecule has 1 aliphatic rings. The number of likely N-dealkylation sites (tertiary alicyclic amines) is 1. The Balaban J connectivity index is 1.35. The minimum absolute atomic E-state index is 0.00426. The number of aromatic nitrogens is 1. The molecule has 5 rings (SSSR count). The molecule has 176 valence electrons. The molecule has 1 aromatic heterocycles. The van der Waals surface area contributed by atoms with Crippen LogP contribution in [0.4, 0.5) is 0 Å². The number of rotatable bonds is 4. The van der Waals surface area contributed by atoms with Gasteiger partial charge in [-0.3, -0.25) is 14.6 Å². The van der Waals surface area contributed by atoms with Crippen LogP contribution in [0.15, 0.2) is 79.0 Å². The molecule has 1 saturated heterocycles. The summed E-state index contributed by atoms with van der Waals surface area (Å²) in [5, 5.41) is 4.08. The van der Waals surface area contributed by atoms with Crippen molar-refractivity contribution in [1.82, 2.24) is 15.2 Å². The SMILES string of the molecule is Cc1ccc(-c2ccccc2C(=O)N2CCC[C@@H](NC(=O)c3cccc4cccnc34)C2)cc1C. The van der Waals surface area contributed by atoms with Gasteiger partial charge in [0, 0.05) is 36.3 Å². The van der Waals surface area contributed by atoms with Gasteiger partial charge in [-0.15, -0.1) is 0 Å². The molecule has 0 bridgehead atoms. The van der Waals surface area contributed by atoms with Crippen LogP contribution in [-0.2, 0) is 0 Å². The molecule has 0 unspecified atom stereocenters.